The van der Waals surface area contributed by atoms with E-state index in [0.29, 0.717) is 6.54 Å². The maximum Gasteiger partial charge on any atom is 0.303 e. The lowest BCUT2D eigenvalue weighted by Gasteiger charge is -2.18. The zero-order valence-electron chi connectivity index (χ0n) is 14.1. The van der Waals surface area contributed by atoms with Gasteiger partial charge in [-0.2, -0.15) is 0 Å². The topological polar surface area (TPSA) is 93.4 Å². The first-order chi connectivity index (χ1) is 10.9. The Balaban J connectivity index is 2.53. The van der Waals surface area contributed by atoms with Gasteiger partial charge in [0.05, 0.1) is 6.04 Å². The van der Waals surface area contributed by atoms with E-state index >= 15 is 0 Å². The fourth-order valence-corrected chi connectivity index (χ4v) is 2.19. The van der Waals surface area contributed by atoms with Crippen LogP contribution in [0, 0.1) is 0 Å². The Morgan fingerprint density at radius 3 is 2.35 bits per heavy atom. The molecule has 6 nitrogen and oxygen atoms in total. The molecule has 6 heteroatoms. The summed E-state index contributed by atoms with van der Waals surface area (Å²) < 4.78 is 5.13. The molecule has 1 aromatic rings. The number of hydrazine groups is 1. The van der Waals surface area contributed by atoms with Gasteiger partial charge in [-0.05, 0) is 50.9 Å². The minimum absolute atomic E-state index is 0.0922. The molecule has 1 aromatic carbocycles. The number of benzene rings is 1. The van der Waals surface area contributed by atoms with Gasteiger partial charge in [0.15, 0.2) is 0 Å². The number of nitrogens with two attached hydrogens (primary N) is 1. The SMILES string of the molecule is CC(=O)OC(C)c1ccc(NN[C@@H](CCCCN)C(C)=O)cc1. The molecule has 0 saturated heterocycles. The smallest absolute Gasteiger partial charge is 0.303 e. The van der Waals surface area contributed by atoms with Crippen LogP contribution in [-0.2, 0) is 14.3 Å². The summed E-state index contributed by atoms with van der Waals surface area (Å²) in [6.07, 6.45) is 2.29. The molecule has 0 aliphatic heterocycles. The van der Waals surface area contributed by atoms with Crippen LogP contribution in [0.15, 0.2) is 24.3 Å². The third-order valence-corrected chi connectivity index (χ3v) is 3.55. The number of hydrogen-bond acceptors (Lipinski definition) is 6. The third-order valence-electron chi connectivity index (χ3n) is 3.55. The number of ketones is 1. The lowest BCUT2D eigenvalue weighted by atomic mass is 10.1. The maximum atomic E-state index is 11.6. The second-order valence-corrected chi connectivity index (χ2v) is 5.59. The van der Waals surface area contributed by atoms with Gasteiger partial charge in [-0.25, -0.2) is 5.43 Å². The summed E-state index contributed by atoms with van der Waals surface area (Å²) >= 11 is 0. The molecule has 0 bridgehead atoms. The molecule has 0 radical (unpaired) electrons. The Hall–Kier alpha value is -1.92. The van der Waals surface area contributed by atoms with Crippen molar-refractivity contribution in [2.45, 2.75) is 52.2 Å². The minimum atomic E-state index is -0.303. The van der Waals surface area contributed by atoms with Crippen LogP contribution in [0.1, 0.15) is 51.7 Å². The number of nitrogens with one attached hydrogen (secondary N) is 2. The predicted octanol–water partition coefficient (Wildman–Crippen LogP) is 2.31. The number of hydrogen-bond donors (Lipinski definition) is 3. The van der Waals surface area contributed by atoms with Crippen LogP contribution in [-0.4, -0.2) is 24.3 Å². The molecule has 0 aliphatic rings. The van der Waals surface area contributed by atoms with Crippen molar-refractivity contribution >= 4 is 17.4 Å². The molecule has 0 spiro atoms. The van der Waals surface area contributed by atoms with Gasteiger partial charge in [0.1, 0.15) is 11.9 Å². The van der Waals surface area contributed by atoms with E-state index in [4.69, 9.17) is 10.5 Å². The highest BCUT2D eigenvalue weighted by Gasteiger charge is 2.13. The summed E-state index contributed by atoms with van der Waals surface area (Å²) in [7, 11) is 0. The van der Waals surface area contributed by atoms with Crippen molar-refractivity contribution in [2.75, 3.05) is 12.0 Å². The summed E-state index contributed by atoms with van der Waals surface area (Å²) in [5.41, 5.74) is 13.3. The van der Waals surface area contributed by atoms with Crippen molar-refractivity contribution in [2.24, 2.45) is 5.73 Å². The predicted molar refractivity (Wildman–Crippen MR) is 90.8 cm³/mol. The van der Waals surface area contributed by atoms with Gasteiger partial charge in [0, 0.05) is 12.6 Å². The van der Waals surface area contributed by atoms with Crippen molar-refractivity contribution in [3.05, 3.63) is 29.8 Å². The van der Waals surface area contributed by atoms with Gasteiger partial charge in [0.25, 0.3) is 0 Å². The number of carbonyl (C=O) groups is 2. The zero-order valence-corrected chi connectivity index (χ0v) is 14.1. The standard InChI is InChI=1S/C17H27N3O3/c1-12(21)17(6-4-5-11-18)20-19-16-9-7-15(8-10-16)13(2)23-14(3)22/h7-10,13,17,19-20H,4-6,11,18H2,1-3H3/t13?,17-/m0/s1. The summed E-state index contributed by atoms with van der Waals surface area (Å²) in [6, 6.07) is 7.28. The van der Waals surface area contributed by atoms with E-state index in [1.54, 1.807) is 6.92 Å². The Morgan fingerprint density at radius 2 is 1.83 bits per heavy atom. The maximum absolute atomic E-state index is 11.6. The van der Waals surface area contributed by atoms with Crippen LogP contribution in [0.3, 0.4) is 0 Å². The summed E-state index contributed by atoms with van der Waals surface area (Å²) in [4.78, 5) is 22.6. The number of ether oxygens (including phenoxy) is 1. The molecule has 2 atom stereocenters. The molecule has 0 saturated carbocycles. The Morgan fingerprint density at radius 1 is 1.17 bits per heavy atom. The molecule has 1 rings (SSSR count). The fraction of sp³-hybridized carbons (Fsp3) is 0.529. The highest BCUT2D eigenvalue weighted by atomic mass is 16.5. The summed E-state index contributed by atoms with van der Waals surface area (Å²) in [5.74, 6) is -0.210. The van der Waals surface area contributed by atoms with Crippen LogP contribution in [0.5, 0.6) is 0 Å². The van der Waals surface area contributed by atoms with Crippen LogP contribution in [0.4, 0.5) is 5.69 Å². The van der Waals surface area contributed by atoms with Crippen molar-refractivity contribution < 1.29 is 14.3 Å². The molecule has 0 amide bonds. The van der Waals surface area contributed by atoms with E-state index in [1.807, 2.05) is 31.2 Å². The van der Waals surface area contributed by atoms with Crippen molar-refractivity contribution in [3.8, 4) is 0 Å². The van der Waals surface area contributed by atoms with Gasteiger partial charge in [-0.15, -0.1) is 0 Å². The molecule has 0 heterocycles. The van der Waals surface area contributed by atoms with Crippen LogP contribution in [0.25, 0.3) is 0 Å². The van der Waals surface area contributed by atoms with E-state index in [1.165, 1.54) is 6.92 Å². The Bertz CT molecular complexity index is 502. The lowest BCUT2D eigenvalue weighted by Crippen LogP contribution is -2.39. The molecule has 0 aliphatic carbocycles. The first kappa shape index (κ1) is 19.1. The average molecular weight is 321 g/mol. The van der Waals surface area contributed by atoms with E-state index in [0.717, 1.165) is 30.5 Å². The number of rotatable bonds is 10. The first-order valence-corrected chi connectivity index (χ1v) is 7.93. The molecule has 0 aromatic heterocycles. The van der Waals surface area contributed by atoms with Crippen molar-refractivity contribution in [3.63, 3.8) is 0 Å². The fourth-order valence-electron chi connectivity index (χ4n) is 2.19. The monoisotopic (exact) mass is 321 g/mol. The van der Waals surface area contributed by atoms with E-state index < -0.39 is 0 Å². The van der Waals surface area contributed by atoms with Crippen molar-refractivity contribution in [1.82, 2.24) is 5.43 Å². The number of anilines is 1. The summed E-state index contributed by atoms with van der Waals surface area (Å²) in [5, 5.41) is 0. The number of carbonyl (C=O) groups excluding carboxylic acids is 2. The summed E-state index contributed by atoms with van der Waals surface area (Å²) in [6.45, 7) is 5.43. The van der Waals surface area contributed by atoms with Crippen LogP contribution in [0.2, 0.25) is 0 Å². The van der Waals surface area contributed by atoms with E-state index in [9.17, 15) is 9.59 Å². The molecular weight excluding hydrogens is 294 g/mol. The Kier molecular flexibility index (Phi) is 8.29. The van der Waals surface area contributed by atoms with E-state index in [2.05, 4.69) is 10.9 Å². The second kappa shape index (κ2) is 9.97. The molecule has 4 N–H and O–H groups in total. The van der Waals surface area contributed by atoms with Crippen LogP contribution >= 0.6 is 0 Å². The quantitative estimate of drug-likeness (QED) is 0.348. The molecule has 23 heavy (non-hydrogen) atoms. The number of Topliss-reactive ketones (excluding diaryl/α,β-unsaturated/α-hetero) is 1. The van der Waals surface area contributed by atoms with Crippen molar-refractivity contribution in [1.29, 1.82) is 0 Å². The van der Waals surface area contributed by atoms with Gasteiger partial charge in [-0.3, -0.25) is 9.59 Å². The third kappa shape index (κ3) is 7.25. The number of esters is 1. The second-order valence-electron chi connectivity index (χ2n) is 5.59. The lowest BCUT2D eigenvalue weighted by molar-refractivity contribution is -0.145. The molecule has 0 fully saturated rings. The molecule has 1 unspecified atom stereocenters. The Labute approximate surface area is 137 Å². The molecule has 128 valence electrons. The zero-order chi connectivity index (χ0) is 17.2. The van der Waals surface area contributed by atoms with Gasteiger partial charge in [0.2, 0.25) is 0 Å². The first-order valence-electron chi connectivity index (χ1n) is 7.93. The molecular formula is C17H27N3O3. The largest absolute Gasteiger partial charge is 0.458 e. The van der Waals surface area contributed by atoms with Gasteiger partial charge < -0.3 is 15.9 Å². The van der Waals surface area contributed by atoms with Gasteiger partial charge >= 0.3 is 5.97 Å². The minimum Gasteiger partial charge on any atom is -0.458 e. The number of unbranched alkanes of at least 4 members (excludes halogenated alkanes) is 1. The highest BCUT2D eigenvalue weighted by Crippen LogP contribution is 2.19. The van der Waals surface area contributed by atoms with Gasteiger partial charge in [-0.1, -0.05) is 18.6 Å². The highest BCUT2D eigenvalue weighted by molar-refractivity contribution is 5.81. The average Bonchev–Trinajstić information content (AvgIpc) is 2.50. The van der Waals surface area contributed by atoms with Crippen LogP contribution < -0.4 is 16.6 Å². The van der Waals surface area contributed by atoms with E-state index in [-0.39, 0.29) is 23.9 Å². The normalized spacial score (nSPS) is 13.2.